The lowest BCUT2D eigenvalue weighted by molar-refractivity contribution is -0.193. The number of rotatable bonds is 6. The lowest BCUT2D eigenvalue weighted by atomic mass is 10.4. The van der Waals surface area contributed by atoms with E-state index in [4.69, 9.17) is 29.0 Å². The number of alkyl halides is 6. The molecular formula is C20H26F6N4O7. The fourth-order valence-corrected chi connectivity index (χ4v) is 3.22. The first-order chi connectivity index (χ1) is 17.2. The van der Waals surface area contributed by atoms with Crippen molar-refractivity contribution in [3.63, 3.8) is 0 Å². The molecule has 17 heteroatoms. The van der Waals surface area contributed by atoms with Crippen LogP contribution in [0.4, 0.5) is 26.3 Å². The topological polar surface area (TPSA) is 145 Å². The van der Waals surface area contributed by atoms with Crippen molar-refractivity contribution in [2.24, 2.45) is 5.92 Å². The molecule has 1 aromatic rings. The monoisotopic (exact) mass is 548 g/mol. The molecule has 0 bridgehead atoms. The number of oxazole rings is 1. The maximum Gasteiger partial charge on any atom is 0.490 e. The Balaban J connectivity index is 0.000000286. The van der Waals surface area contributed by atoms with Gasteiger partial charge in [0.15, 0.2) is 0 Å². The smallest absolute Gasteiger partial charge is 0.475 e. The van der Waals surface area contributed by atoms with E-state index < -0.39 is 24.3 Å². The minimum absolute atomic E-state index is 0.207. The van der Waals surface area contributed by atoms with Crippen LogP contribution in [0.5, 0.6) is 0 Å². The number of hydrogen-bond donors (Lipinski definition) is 3. The Kier molecular flexibility index (Phi) is 10.7. The molecule has 210 valence electrons. The highest BCUT2D eigenvalue weighted by Gasteiger charge is 2.39. The largest absolute Gasteiger partial charge is 0.490 e. The normalized spacial score (nSPS) is 18.1. The van der Waals surface area contributed by atoms with Crippen LogP contribution >= 0.6 is 0 Å². The standard InChI is InChI=1S/C16H24N4O3.2C2HF3O2/c21-15(17-3-4-19-5-7-22-8-6-19)16-18-13-10-20(9-12-1-2-12)11-14(13)23-16;2*3-2(4,5)1(6)7/h12H,1-11H2,(H,17,21);2*(H,6,7). The molecule has 0 radical (unpaired) electrons. The summed E-state index contributed by atoms with van der Waals surface area (Å²) < 4.78 is 74.4. The van der Waals surface area contributed by atoms with E-state index in [1.165, 1.54) is 12.8 Å². The van der Waals surface area contributed by atoms with E-state index in [0.29, 0.717) is 6.54 Å². The summed E-state index contributed by atoms with van der Waals surface area (Å²) in [5, 5.41) is 17.1. The Morgan fingerprint density at radius 3 is 1.95 bits per heavy atom. The molecule has 3 heterocycles. The molecule has 1 amide bonds. The molecule has 4 rings (SSSR count). The van der Waals surface area contributed by atoms with Gasteiger partial charge >= 0.3 is 30.2 Å². The van der Waals surface area contributed by atoms with Crippen LogP contribution < -0.4 is 5.32 Å². The molecular weight excluding hydrogens is 522 g/mol. The number of aromatic nitrogens is 1. The van der Waals surface area contributed by atoms with Gasteiger partial charge in [-0.15, -0.1) is 0 Å². The number of hydrogen-bond acceptors (Lipinski definition) is 8. The van der Waals surface area contributed by atoms with Gasteiger partial charge in [0.05, 0.1) is 25.5 Å². The van der Waals surface area contributed by atoms with Gasteiger partial charge in [-0.2, -0.15) is 26.3 Å². The minimum Gasteiger partial charge on any atom is -0.475 e. The van der Waals surface area contributed by atoms with E-state index >= 15 is 0 Å². The summed E-state index contributed by atoms with van der Waals surface area (Å²) in [5.41, 5.74) is 0.934. The fourth-order valence-electron chi connectivity index (χ4n) is 3.22. The molecule has 1 aromatic heterocycles. The van der Waals surface area contributed by atoms with Crippen molar-refractivity contribution < 1.29 is 60.1 Å². The molecule has 0 unspecified atom stereocenters. The Morgan fingerprint density at radius 1 is 0.946 bits per heavy atom. The molecule has 1 saturated carbocycles. The second-order valence-electron chi connectivity index (χ2n) is 8.32. The number of aliphatic carboxylic acids is 2. The van der Waals surface area contributed by atoms with Gasteiger partial charge in [-0.3, -0.25) is 14.6 Å². The number of carboxylic acids is 2. The van der Waals surface area contributed by atoms with E-state index in [1.54, 1.807) is 0 Å². The highest BCUT2D eigenvalue weighted by Crippen LogP contribution is 2.33. The first kappa shape index (κ1) is 30.3. The van der Waals surface area contributed by atoms with Gasteiger partial charge in [-0.1, -0.05) is 0 Å². The average molecular weight is 548 g/mol. The number of carbonyl (C=O) groups is 3. The number of nitrogens with zero attached hydrogens (tertiary/aromatic N) is 3. The zero-order valence-corrected chi connectivity index (χ0v) is 19.4. The van der Waals surface area contributed by atoms with Crippen molar-refractivity contribution in [3.8, 4) is 0 Å². The highest BCUT2D eigenvalue weighted by molar-refractivity contribution is 5.89. The van der Waals surface area contributed by atoms with Gasteiger partial charge in [0.25, 0.3) is 5.89 Å². The Labute approximate surface area is 206 Å². The predicted molar refractivity (Wildman–Crippen MR) is 110 cm³/mol. The molecule has 2 fully saturated rings. The summed E-state index contributed by atoms with van der Waals surface area (Å²) in [6, 6.07) is 0. The van der Waals surface area contributed by atoms with E-state index in [-0.39, 0.29) is 11.8 Å². The second-order valence-corrected chi connectivity index (χ2v) is 8.32. The highest BCUT2D eigenvalue weighted by atomic mass is 19.4. The van der Waals surface area contributed by atoms with Gasteiger partial charge in [-0.25, -0.2) is 14.6 Å². The average Bonchev–Trinajstić information content (AvgIpc) is 3.39. The summed E-state index contributed by atoms with van der Waals surface area (Å²) in [7, 11) is 0. The van der Waals surface area contributed by atoms with E-state index in [2.05, 4.69) is 20.1 Å². The van der Waals surface area contributed by atoms with Crippen LogP contribution in [0, 0.1) is 5.92 Å². The van der Waals surface area contributed by atoms with Gasteiger partial charge in [0.1, 0.15) is 5.76 Å². The van der Waals surface area contributed by atoms with Crippen molar-refractivity contribution in [2.75, 3.05) is 45.9 Å². The molecule has 0 aromatic carbocycles. The van der Waals surface area contributed by atoms with Crippen LogP contribution in [0.25, 0.3) is 0 Å². The van der Waals surface area contributed by atoms with Crippen LogP contribution in [0.2, 0.25) is 0 Å². The summed E-state index contributed by atoms with van der Waals surface area (Å²) >= 11 is 0. The predicted octanol–water partition coefficient (Wildman–Crippen LogP) is 1.73. The van der Waals surface area contributed by atoms with E-state index in [1.807, 2.05) is 0 Å². The maximum atomic E-state index is 12.1. The molecule has 2 aliphatic heterocycles. The minimum atomic E-state index is -5.08. The molecule has 1 saturated heterocycles. The maximum absolute atomic E-state index is 12.1. The quantitative estimate of drug-likeness (QED) is 0.450. The van der Waals surface area contributed by atoms with Crippen molar-refractivity contribution >= 4 is 17.8 Å². The van der Waals surface area contributed by atoms with Gasteiger partial charge < -0.3 is 24.7 Å². The zero-order chi connectivity index (χ0) is 27.8. The number of carbonyl (C=O) groups excluding carboxylic acids is 1. The first-order valence-corrected chi connectivity index (χ1v) is 11.1. The third-order valence-electron chi connectivity index (χ3n) is 5.23. The van der Waals surface area contributed by atoms with Crippen molar-refractivity contribution in [3.05, 3.63) is 17.3 Å². The molecule has 11 nitrogen and oxygen atoms in total. The zero-order valence-electron chi connectivity index (χ0n) is 19.4. The molecule has 3 N–H and O–H groups in total. The Hall–Kier alpha value is -2.92. The summed E-state index contributed by atoms with van der Waals surface area (Å²) in [6.07, 6.45) is -7.47. The third-order valence-corrected chi connectivity index (χ3v) is 5.23. The number of morpholine rings is 1. The van der Waals surface area contributed by atoms with Crippen LogP contribution in [-0.2, 0) is 27.4 Å². The Bertz CT molecular complexity index is 880. The number of fused-ring (bicyclic) bond motifs is 1. The molecule has 3 aliphatic rings. The summed E-state index contributed by atoms with van der Waals surface area (Å²) in [4.78, 5) is 39.0. The van der Waals surface area contributed by atoms with Crippen LogP contribution in [-0.4, -0.2) is 101 Å². The molecule has 0 spiro atoms. The molecule has 1 aliphatic carbocycles. The third kappa shape index (κ3) is 10.9. The summed E-state index contributed by atoms with van der Waals surface area (Å²) in [6.45, 7) is 7.60. The van der Waals surface area contributed by atoms with Gasteiger partial charge in [0, 0.05) is 39.3 Å². The summed E-state index contributed by atoms with van der Waals surface area (Å²) in [5.74, 6) is -3.78. The number of amides is 1. The number of halogens is 6. The number of ether oxygens (including phenoxy) is 1. The van der Waals surface area contributed by atoms with Crippen molar-refractivity contribution in [1.82, 2.24) is 20.1 Å². The SMILES string of the molecule is O=C(NCCN1CCOCC1)c1nc2c(o1)CN(CC1CC1)C2.O=C(O)C(F)(F)F.O=C(O)C(F)(F)F. The molecule has 37 heavy (non-hydrogen) atoms. The van der Waals surface area contributed by atoms with E-state index in [9.17, 15) is 31.1 Å². The van der Waals surface area contributed by atoms with E-state index in [0.717, 1.165) is 69.9 Å². The number of nitrogens with one attached hydrogen (secondary N) is 1. The van der Waals surface area contributed by atoms with Crippen LogP contribution in [0.15, 0.2) is 4.42 Å². The van der Waals surface area contributed by atoms with Gasteiger partial charge in [0.2, 0.25) is 0 Å². The van der Waals surface area contributed by atoms with Crippen molar-refractivity contribution in [2.45, 2.75) is 38.3 Å². The fraction of sp³-hybridized carbons (Fsp3) is 0.700. The van der Waals surface area contributed by atoms with Gasteiger partial charge in [-0.05, 0) is 18.8 Å². The second kappa shape index (κ2) is 13.0. The molecule has 0 atom stereocenters. The number of carboxylic acid groups (broad SMARTS) is 2. The Morgan fingerprint density at radius 2 is 1.49 bits per heavy atom. The van der Waals surface area contributed by atoms with Crippen molar-refractivity contribution in [1.29, 1.82) is 0 Å². The lowest BCUT2D eigenvalue weighted by Gasteiger charge is -2.26. The lowest BCUT2D eigenvalue weighted by Crippen LogP contribution is -2.41. The van der Waals surface area contributed by atoms with Crippen LogP contribution in [0.3, 0.4) is 0 Å². The van der Waals surface area contributed by atoms with Crippen LogP contribution in [0.1, 0.15) is 35.0 Å². The first-order valence-electron chi connectivity index (χ1n) is 11.1.